The van der Waals surface area contributed by atoms with Crippen molar-refractivity contribution in [2.75, 3.05) is 0 Å². The molecule has 0 spiro atoms. The van der Waals surface area contributed by atoms with E-state index in [1.807, 2.05) is 55.0 Å². The fourth-order valence-electron chi connectivity index (χ4n) is 3.09. The maximum absolute atomic E-state index is 6.32. The molecule has 2 atom stereocenters. The molecule has 5 nitrogen and oxygen atoms in total. The highest BCUT2D eigenvalue weighted by Gasteiger charge is 2.26. The highest BCUT2D eigenvalue weighted by atomic mass is 15.5. The van der Waals surface area contributed by atoms with E-state index in [0.717, 1.165) is 23.3 Å². The molecule has 126 valence electrons. The Labute approximate surface area is 147 Å². The molecule has 0 radical (unpaired) electrons. The van der Waals surface area contributed by atoms with Crippen LogP contribution in [-0.4, -0.2) is 17.4 Å². The highest BCUT2D eigenvalue weighted by molar-refractivity contribution is 5.85. The Hall–Kier alpha value is -3.05. The van der Waals surface area contributed by atoms with Crippen molar-refractivity contribution in [1.29, 1.82) is 0 Å². The minimum atomic E-state index is -0.0498. The van der Waals surface area contributed by atoms with Crippen molar-refractivity contribution in [3.05, 3.63) is 95.5 Å². The first-order valence-electron chi connectivity index (χ1n) is 8.40. The van der Waals surface area contributed by atoms with Crippen LogP contribution in [-0.2, 0) is 6.42 Å². The molecule has 5 heteroatoms. The number of nitrogens with two attached hydrogens (primary N) is 1. The molecule has 2 unspecified atom stereocenters. The molecular formula is C20H21N5. The van der Waals surface area contributed by atoms with Crippen LogP contribution in [0.5, 0.6) is 0 Å². The molecule has 0 bridgehead atoms. The third-order valence-electron chi connectivity index (χ3n) is 4.47. The quantitative estimate of drug-likeness (QED) is 0.753. The van der Waals surface area contributed by atoms with E-state index >= 15 is 0 Å². The van der Waals surface area contributed by atoms with Gasteiger partial charge in [0.05, 0.1) is 5.70 Å². The number of hydrazine groups is 1. The second-order valence-electron chi connectivity index (χ2n) is 6.17. The van der Waals surface area contributed by atoms with Crippen molar-refractivity contribution in [2.45, 2.75) is 18.8 Å². The first kappa shape index (κ1) is 15.5. The van der Waals surface area contributed by atoms with Crippen LogP contribution in [0.15, 0.2) is 89.3 Å². The van der Waals surface area contributed by atoms with Gasteiger partial charge in [0.15, 0.2) is 0 Å². The molecule has 2 aliphatic heterocycles. The minimum Gasteiger partial charge on any atom is -0.368 e. The van der Waals surface area contributed by atoms with Crippen molar-refractivity contribution in [3.8, 4) is 0 Å². The Morgan fingerprint density at radius 2 is 1.64 bits per heavy atom. The van der Waals surface area contributed by atoms with Gasteiger partial charge in [-0.2, -0.15) is 0 Å². The summed E-state index contributed by atoms with van der Waals surface area (Å²) in [6, 6.07) is 20.5. The van der Waals surface area contributed by atoms with Gasteiger partial charge in [-0.25, -0.2) is 5.84 Å². The zero-order valence-corrected chi connectivity index (χ0v) is 13.8. The SMILES string of the molecule is NN1C(C2=CNC(c3ccccc3)N=C2)=CNC1Cc1ccccc1. The van der Waals surface area contributed by atoms with Crippen LogP contribution in [0.3, 0.4) is 0 Å². The Morgan fingerprint density at radius 3 is 2.32 bits per heavy atom. The molecule has 0 aliphatic carbocycles. The summed E-state index contributed by atoms with van der Waals surface area (Å²) >= 11 is 0. The summed E-state index contributed by atoms with van der Waals surface area (Å²) in [5.74, 6) is 6.32. The topological polar surface area (TPSA) is 65.7 Å². The Kier molecular flexibility index (Phi) is 4.23. The Morgan fingerprint density at radius 1 is 0.920 bits per heavy atom. The first-order chi connectivity index (χ1) is 12.3. The normalized spacial score (nSPS) is 22.0. The van der Waals surface area contributed by atoms with Crippen molar-refractivity contribution in [3.63, 3.8) is 0 Å². The van der Waals surface area contributed by atoms with Crippen LogP contribution >= 0.6 is 0 Å². The summed E-state index contributed by atoms with van der Waals surface area (Å²) in [7, 11) is 0. The molecule has 0 amide bonds. The summed E-state index contributed by atoms with van der Waals surface area (Å²) in [5.41, 5.74) is 4.29. The van der Waals surface area contributed by atoms with Gasteiger partial charge in [-0.15, -0.1) is 0 Å². The van der Waals surface area contributed by atoms with Crippen molar-refractivity contribution >= 4 is 6.21 Å². The molecule has 0 fully saturated rings. The van der Waals surface area contributed by atoms with Gasteiger partial charge in [-0.1, -0.05) is 60.7 Å². The lowest BCUT2D eigenvalue weighted by molar-refractivity contribution is 0.270. The van der Waals surface area contributed by atoms with Crippen LogP contribution in [0.4, 0.5) is 0 Å². The predicted molar refractivity (Wildman–Crippen MR) is 100 cm³/mol. The Bertz CT molecular complexity index is 810. The fraction of sp³-hybridized carbons (Fsp3) is 0.150. The summed E-state index contributed by atoms with van der Waals surface area (Å²) in [5, 5.41) is 8.46. The van der Waals surface area contributed by atoms with Crippen LogP contribution in [0.1, 0.15) is 17.3 Å². The average Bonchev–Trinajstić information content (AvgIpc) is 3.04. The molecule has 4 N–H and O–H groups in total. The van der Waals surface area contributed by atoms with E-state index in [2.05, 4.69) is 39.9 Å². The fourth-order valence-corrected chi connectivity index (χ4v) is 3.09. The van der Waals surface area contributed by atoms with E-state index in [1.165, 1.54) is 5.56 Å². The van der Waals surface area contributed by atoms with Gasteiger partial charge in [0, 0.05) is 30.6 Å². The van der Waals surface area contributed by atoms with E-state index in [9.17, 15) is 0 Å². The van der Waals surface area contributed by atoms with E-state index < -0.39 is 0 Å². The van der Waals surface area contributed by atoms with Gasteiger partial charge in [0.1, 0.15) is 12.3 Å². The second kappa shape index (κ2) is 6.83. The summed E-state index contributed by atoms with van der Waals surface area (Å²) < 4.78 is 0. The Balaban J connectivity index is 1.42. The standard InChI is InChI=1S/C20H21N5/c21-25-18(14-22-19(25)11-15-7-3-1-4-8-15)17-12-23-20(24-13-17)16-9-5-2-6-10-16/h1-10,12-14,19-20,22-23H,11,21H2. The number of aliphatic imine (C=N–C) groups is 1. The van der Waals surface area contributed by atoms with E-state index in [0.29, 0.717) is 0 Å². The maximum atomic E-state index is 6.32. The molecule has 2 aliphatic rings. The van der Waals surface area contributed by atoms with Gasteiger partial charge in [0.25, 0.3) is 0 Å². The number of hydrogen-bond donors (Lipinski definition) is 3. The molecule has 25 heavy (non-hydrogen) atoms. The number of allylic oxidation sites excluding steroid dienone is 1. The summed E-state index contributed by atoms with van der Waals surface area (Å²) in [6.07, 6.45) is 6.64. The molecule has 0 saturated heterocycles. The number of benzene rings is 2. The maximum Gasteiger partial charge on any atom is 0.144 e. The van der Waals surface area contributed by atoms with Gasteiger partial charge in [-0.3, -0.25) is 10.0 Å². The molecule has 2 aromatic carbocycles. The monoisotopic (exact) mass is 331 g/mol. The molecule has 0 aromatic heterocycles. The third-order valence-corrected chi connectivity index (χ3v) is 4.47. The van der Waals surface area contributed by atoms with Crippen molar-refractivity contribution < 1.29 is 0 Å². The number of hydrogen-bond acceptors (Lipinski definition) is 5. The molecule has 4 rings (SSSR count). The zero-order valence-electron chi connectivity index (χ0n) is 13.8. The molecule has 0 saturated carbocycles. The lowest BCUT2D eigenvalue weighted by Crippen LogP contribution is -2.43. The van der Waals surface area contributed by atoms with E-state index in [-0.39, 0.29) is 12.3 Å². The first-order valence-corrected chi connectivity index (χ1v) is 8.40. The molecule has 2 heterocycles. The van der Waals surface area contributed by atoms with Crippen LogP contribution < -0.4 is 16.5 Å². The second-order valence-corrected chi connectivity index (χ2v) is 6.17. The lowest BCUT2D eigenvalue weighted by Gasteiger charge is -2.26. The minimum absolute atomic E-state index is 0.0403. The van der Waals surface area contributed by atoms with E-state index in [1.54, 1.807) is 5.01 Å². The largest absolute Gasteiger partial charge is 0.368 e. The van der Waals surface area contributed by atoms with Gasteiger partial charge in [0.2, 0.25) is 0 Å². The summed E-state index contributed by atoms with van der Waals surface area (Å²) in [4.78, 5) is 4.61. The smallest absolute Gasteiger partial charge is 0.144 e. The number of nitrogens with zero attached hydrogens (tertiary/aromatic N) is 2. The number of rotatable bonds is 4. The van der Waals surface area contributed by atoms with Gasteiger partial charge in [-0.05, 0) is 11.1 Å². The van der Waals surface area contributed by atoms with Crippen molar-refractivity contribution in [1.82, 2.24) is 15.6 Å². The van der Waals surface area contributed by atoms with Crippen LogP contribution in [0.25, 0.3) is 0 Å². The van der Waals surface area contributed by atoms with Crippen LogP contribution in [0.2, 0.25) is 0 Å². The van der Waals surface area contributed by atoms with Gasteiger partial charge < -0.3 is 10.6 Å². The average molecular weight is 331 g/mol. The predicted octanol–water partition coefficient (Wildman–Crippen LogP) is 2.43. The molecular weight excluding hydrogens is 310 g/mol. The summed E-state index contributed by atoms with van der Waals surface area (Å²) in [6.45, 7) is 0. The third kappa shape index (κ3) is 3.27. The van der Waals surface area contributed by atoms with Gasteiger partial charge >= 0.3 is 0 Å². The lowest BCUT2D eigenvalue weighted by atomic mass is 10.1. The van der Waals surface area contributed by atoms with E-state index in [4.69, 9.17) is 5.84 Å². The molecule has 2 aromatic rings. The van der Waals surface area contributed by atoms with Crippen LogP contribution in [0, 0.1) is 0 Å². The zero-order chi connectivity index (χ0) is 17.1. The highest BCUT2D eigenvalue weighted by Crippen LogP contribution is 2.23. The number of nitrogens with one attached hydrogen (secondary N) is 2. The van der Waals surface area contributed by atoms with Crippen molar-refractivity contribution in [2.24, 2.45) is 10.8 Å².